The molecule has 2 heteroatoms. The van der Waals surface area contributed by atoms with Gasteiger partial charge in [-0.1, -0.05) is 30.3 Å². The summed E-state index contributed by atoms with van der Waals surface area (Å²) in [5, 5.41) is 11.5. The second-order valence-corrected chi connectivity index (χ2v) is 2.64. The fraction of sp³-hybridized carbons (Fsp3) is 0.455. The van der Waals surface area contributed by atoms with Gasteiger partial charge in [-0.2, -0.15) is 0 Å². The zero-order valence-corrected chi connectivity index (χ0v) is 7.41. The molecule has 0 bridgehead atoms. The average Bonchev–Trinajstić information content (AvgIpc) is 2.28. The molecule has 0 aliphatic rings. The fourth-order valence-corrected chi connectivity index (χ4v) is 0.997. The second-order valence-electron chi connectivity index (χ2n) is 2.64. The molecule has 1 atom stereocenters. The van der Waals surface area contributed by atoms with Gasteiger partial charge in [0.15, 0.2) is 0 Å². The Labute approximate surface area is 88.0 Å². The first-order chi connectivity index (χ1) is 8.49. The molecule has 0 aromatic heterocycles. The number of rotatable bonds is 5. The van der Waals surface area contributed by atoms with Gasteiger partial charge in [-0.3, -0.25) is 0 Å². The van der Waals surface area contributed by atoms with Crippen LogP contribution in [0.2, 0.25) is 0 Å². The van der Waals surface area contributed by atoms with Crippen molar-refractivity contribution in [3.8, 4) is 0 Å². The highest BCUT2D eigenvalue weighted by molar-refractivity contribution is 5.17. The van der Waals surface area contributed by atoms with Gasteiger partial charge in [0, 0.05) is 18.1 Å². The molecule has 0 spiro atoms. The second kappa shape index (κ2) is 5.73. The van der Waals surface area contributed by atoms with Crippen LogP contribution in [0.5, 0.6) is 0 Å². The van der Waals surface area contributed by atoms with Crippen molar-refractivity contribution < 1.29 is 13.3 Å². The summed E-state index contributed by atoms with van der Waals surface area (Å²) in [4.78, 5) is 0. The summed E-state index contributed by atoms with van der Waals surface area (Å²) in [5.74, 6) is 0. The molecule has 0 saturated carbocycles. The third-order valence-corrected chi connectivity index (χ3v) is 1.71. The van der Waals surface area contributed by atoms with E-state index in [-0.39, 0.29) is 0 Å². The van der Waals surface area contributed by atoms with Crippen LogP contribution in [0.25, 0.3) is 0 Å². The number of hydrogen-bond donors (Lipinski definition) is 2. The predicted octanol–water partition coefficient (Wildman–Crippen LogP) is 1.72. The lowest BCUT2D eigenvalue weighted by molar-refractivity contribution is 0.284. The van der Waals surface area contributed by atoms with Crippen molar-refractivity contribution in [1.82, 2.24) is 5.32 Å². The monoisotopic (exact) mass is 185 g/mol. The molecule has 0 radical (unpaired) electrons. The van der Waals surface area contributed by atoms with Crippen molar-refractivity contribution in [3.05, 3.63) is 35.9 Å². The number of hydrogen-bond acceptors (Lipinski definition) is 2. The van der Waals surface area contributed by atoms with E-state index >= 15 is 0 Å². The minimum Gasteiger partial charge on any atom is -0.396 e. The van der Waals surface area contributed by atoms with E-state index in [4.69, 9.17) is 13.3 Å². The van der Waals surface area contributed by atoms with E-state index in [0.29, 0.717) is 0 Å². The highest BCUT2D eigenvalue weighted by Crippen LogP contribution is 2.10. The van der Waals surface area contributed by atoms with Crippen molar-refractivity contribution in [2.75, 3.05) is 13.1 Å². The van der Waals surface area contributed by atoms with Gasteiger partial charge in [0.05, 0.1) is 2.74 Å². The quantitative estimate of drug-likeness (QED) is 0.732. The summed E-state index contributed by atoms with van der Waals surface area (Å²) in [6, 6.07) is 8.30. The molecular formula is C11H17NO. The number of nitrogens with one attached hydrogen (secondary N) is 1. The maximum Gasteiger partial charge on any atom is 0.0564 e. The smallest absolute Gasteiger partial charge is 0.0564 e. The molecule has 0 heterocycles. The minimum absolute atomic E-state index is 0.534. The van der Waals surface area contributed by atoms with Crippen LogP contribution in [-0.2, 0) is 0 Å². The lowest BCUT2D eigenvalue weighted by atomic mass is 10.1. The zero-order valence-electron chi connectivity index (χ0n) is 13.4. The van der Waals surface area contributed by atoms with Crippen LogP contribution < -0.4 is 5.32 Å². The van der Waals surface area contributed by atoms with Crippen molar-refractivity contribution in [2.24, 2.45) is 0 Å². The fourth-order valence-electron chi connectivity index (χ4n) is 0.997. The van der Waals surface area contributed by atoms with E-state index in [1.54, 1.807) is 37.3 Å². The molecule has 1 rings (SSSR count). The van der Waals surface area contributed by atoms with Gasteiger partial charge < -0.3 is 10.4 Å². The molecule has 1 aromatic carbocycles. The molecule has 0 fully saturated rings. The van der Waals surface area contributed by atoms with E-state index in [1.165, 1.54) is 0 Å². The van der Waals surface area contributed by atoms with E-state index in [1.807, 2.05) is 0 Å². The molecule has 13 heavy (non-hydrogen) atoms. The summed E-state index contributed by atoms with van der Waals surface area (Å²) in [6.45, 7) is -4.39. The van der Waals surface area contributed by atoms with Gasteiger partial charge in [0.2, 0.25) is 0 Å². The van der Waals surface area contributed by atoms with Gasteiger partial charge in [0.25, 0.3) is 0 Å². The molecule has 0 saturated heterocycles. The number of aliphatic hydroxyl groups is 1. The standard InChI is InChI=1S/C11H17NO/c1-10(12-8-5-9-13)11-6-3-2-4-7-11/h2-4,6-7,10,12-13H,5,8-9H2,1H3/i5D2,8D2,9D2. The Hall–Kier alpha value is -0.860. The maximum atomic E-state index is 9.14. The minimum atomic E-state index is -3.29. The van der Waals surface area contributed by atoms with Crippen LogP contribution in [0.4, 0.5) is 0 Å². The van der Waals surface area contributed by atoms with Crippen molar-refractivity contribution in [1.29, 1.82) is 0 Å². The van der Waals surface area contributed by atoms with E-state index in [0.717, 1.165) is 5.56 Å². The Morgan fingerprint density at radius 3 is 2.77 bits per heavy atom. The lowest BCUT2D eigenvalue weighted by Crippen LogP contribution is -2.20. The molecule has 72 valence electrons. The SMILES string of the molecule is [2H]C([2H])(O)C([2H])([2H])C([2H])([2H])NC(C)c1ccccc1. The highest BCUT2D eigenvalue weighted by atomic mass is 16.3. The van der Waals surface area contributed by atoms with Crippen LogP contribution in [0.15, 0.2) is 30.3 Å². The normalized spacial score (nSPS) is 22.9. The van der Waals surface area contributed by atoms with Crippen LogP contribution >= 0.6 is 0 Å². The summed E-state index contributed by atoms with van der Waals surface area (Å²) in [5.41, 5.74) is 0.737. The van der Waals surface area contributed by atoms with E-state index in [9.17, 15) is 0 Å². The van der Waals surface area contributed by atoms with E-state index < -0.39 is 25.5 Å². The Morgan fingerprint density at radius 1 is 1.46 bits per heavy atom. The molecule has 0 aliphatic carbocycles. The molecule has 0 aliphatic heterocycles. The topological polar surface area (TPSA) is 32.3 Å². The van der Waals surface area contributed by atoms with Crippen LogP contribution in [0.3, 0.4) is 0 Å². The molecular weight excluding hydrogens is 162 g/mol. The van der Waals surface area contributed by atoms with Crippen LogP contribution in [0.1, 0.15) is 33.1 Å². The van der Waals surface area contributed by atoms with Crippen LogP contribution in [0, 0.1) is 0 Å². The summed E-state index contributed by atoms with van der Waals surface area (Å²) in [6.07, 6.45) is -3.09. The predicted molar refractivity (Wildman–Crippen MR) is 54.6 cm³/mol. The van der Waals surface area contributed by atoms with Gasteiger partial charge in [-0.05, 0) is 25.4 Å². The summed E-state index contributed by atoms with van der Waals surface area (Å²) in [7, 11) is 0. The van der Waals surface area contributed by atoms with Gasteiger partial charge in [0.1, 0.15) is 0 Å². The van der Waals surface area contributed by atoms with Crippen molar-refractivity contribution in [3.63, 3.8) is 0 Å². The highest BCUT2D eigenvalue weighted by Gasteiger charge is 2.01. The first-order valence-corrected chi connectivity index (χ1v) is 4.04. The third kappa shape index (κ3) is 3.57. The Bertz CT molecular complexity index is 417. The molecule has 0 amide bonds. The Morgan fingerprint density at radius 2 is 2.15 bits per heavy atom. The van der Waals surface area contributed by atoms with Gasteiger partial charge in [-0.25, -0.2) is 0 Å². The van der Waals surface area contributed by atoms with Crippen LogP contribution in [-0.4, -0.2) is 18.2 Å². The van der Waals surface area contributed by atoms with E-state index in [2.05, 4.69) is 5.32 Å². The van der Waals surface area contributed by atoms with Crippen molar-refractivity contribution in [2.45, 2.75) is 19.3 Å². The van der Waals surface area contributed by atoms with Crippen molar-refractivity contribution >= 4 is 0 Å². The third-order valence-electron chi connectivity index (χ3n) is 1.71. The van der Waals surface area contributed by atoms with Gasteiger partial charge >= 0.3 is 0 Å². The molecule has 1 aromatic rings. The Kier molecular flexibility index (Phi) is 2.02. The van der Waals surface area contributed by atoms with Gasteiger partial charge in [-0.15, -0.1) is 0 Å². The molecule has 2 N–H and O–H groups in total. The largest absolute Gasteiger partial charge is 0.396 e. The maximum absolute atomic E-state index is 9.14. The average molecular weight is 185 g/mol. The molecule has 1 unspecified atom stereocenters. The first kappa shape index (κ1) is 4.58. The first-order valence-electron chi connectivity index (χ1n) is 7.04. The Balaban J connectivity index is 2.91. The molecule has 2 nitrogen and oxygen atoms in total. The number of benzene rings is 1. The summed E-state index contributed by atoms with van der Waals surface area (Å²) >= 11 is 0. The zero-order chi connectivity index (χ0) is 14.9. The lowest BCUT2D eigenvalue weighted by Gasteiger charge is -2.13. The summed E-state index contributed by atoms with van der Waals surface area (Å²) < 4.78 is 44.2.